The van der Waals surface area contributed by atoms with Crippen molar-refractivity contribution in [2.75, 3.05) is 5.32 Å². The second kappa shape index (κ2) is 6.46. The van der Waals surface area contributed by atoms with Crippen LogP contribution < -0.4 is 5.32 Å². The molecule has 3 heteroatoms. The molecule has 1 aromatic carbocycles. The van der Waals surface area contributed by atoms with Gasteiger partial charge < -0.3 is 5.32 Å². The van der Waals surface area contributed by atoms with Crippen LogP contribution in [0.5, 0.6) is 0 Å². The van der Waals surface area contributed by atoms with Crippen LogP contribution in [0.25, 0.3) is 0 Å². The fourth-order valence-electron chi connectivity index (χ4n) is 3.13. The molecule has 1 nitrogen and oxygen atoms in total. The normalized spacial score (nSPS) is 23.6. The van der Waals surface area contributed by atoms with Crippen molar-refractivity contribution in [1.82, 2.24) is 0 Å². The fraction of sp³-hybridized carbons (Fsp3) is 0.647. The smallest absolute Gasteiger partial charge is 0.124 e. The molecule has 2 rings (SSSR count). The minimum Gasteiger partial charge on any atom is -0.381 e. The second-order valence-corrected chi connectivity index (χ2v) is 7.51. The maximum Gasteiger partial charge on any atom is 0.124 e. The number of nitrogens with one attached hydrogen (secondary N) is 1. The van der Waals surface area contributed by atoms with Gasteiger partial charge in [0.15, 0.2) is 0 Å². The third-order valence-electron chi connectivity index (χ3n) is 5.03. The molecule has 1 aromatic rings. The lowest BCUT2D eigenvalue weighted by atomic mass is 9.69. The van der Waals surface area contributed by atoms with Crippen molar-refractivity contribution in [3.8, 4) is 0 Å². The zero-order valence-corrected chi connectivity index (χ0v) is 14.3. The van der Waals surface area contributed by atoms with Gasteiger partial charge in [-0.05, 0) is 71.1 Å². The van der Waals surface area contributed by atoms with Gasteiger partial charge in [0, 0.05) is 16.2 Å². The summed E-state index contributed by atoms with van der Waals surface area (Å²) in [7, 11) is 0. The Morgan fingerprint density at radius 1 is 1.25 bits per heavy atom. The van der Waals surface area contributed by atoms with Crippen LogP contribution in [-0.4, -0.2) is 6.04 Å². The summed E-state index contributed by atoms with van der Waals surface area (Å²) in [6.07, 6.45) is 6.24. The maximum atomic E-state index is 13.1. The first-order valence-corrected chi connectivity index (χ1v) is 8.43. The largest absolute Gasteiger partial charge is 0.381 e. The van der Waals surface area contributed by atoms with E-state index in [4.69, 9.17) is 0 Å². The highest BCUT2D eigenvalue weighted by molar-refractivity contribution is 9.10. The highest BCUT2D eigenvalue weighted by atomic mass is 79.9. The summed E-state index contributed by atoms with van der Waals surface area (Å²) >= 11 is 3.43. The lowest BCUT2D eigenvalue weighted by Gasteiger charge is -2.39. The summed E-state index contributed by atoms with van der Waals surface area (Å²) < 4.78 is 13.9. The van der Waals surface area contributed by atoms with Gasteiger partial charge in [0.1, 0.15) is 5.82 Å². The van der Waals surface area contributed by atoms with Gasteiger partial charge in [-0.15, -0.1) is 0 Å². The number of rotatable bonds is 4. The molecule has 0 spiro atoms. The average Bonchev–Trinajstić information content (AvgIpc) is 2.42. The predicted molar refractivity (Wildman–Crippen MR) is 87.5 cm³/mol. The number of hydrogen-bond donors (Lipinski definition) is 1. The standard InChI is InChI=1S/C17H25BrFN/c1-4-17(2,3)12-5-8-14(9-6-12)20-16-10-7-13(19)11-15(16)18/h7,10-12,14,20H,4-6,8-9H2,1-3H3. The summed E-state index contributed by atoms with van der Waals surface area (Å²) in [5.41, 5.74) is 1.46. The summed E-state index contributed by atoms with van der Waals surface area (Å²) in [6.45, 7) is 7.07. The van der Waals surface area contributed by atoms with Gasteiger partial charge in [0.25, 0.3) is 0 Å². The molecule has 1 fully saturated rings. The molecule has 0 heterocycles. The topological polar surface area (TPSA) is 12.0 Å². The molecule has 0 aromatic heterocycles. The van der Waals surface area contributed by atoms with Crippen LogP contribution in [0.1, 0.15) is 52.9 Å². The van der Waals surface area contributed by atoms with E-state index >= 15 is 0 Å². The van der Waals surface area contributed by atoms with Crippen molar-refractivity contribution in [3.63, 3.8) is 0 Å². The molecule has 0 saturated heterocycles. The van der Waals surface area contributed by atoms with Crippen molar-refractivity contribution in [1.29, 1.82) is 0 Å². The summed E-state index contributed by atoms with van der Waals surface area (Å²) in [5.74, 6) is 0.637. The van der Waals surface area contributed by atoms with E-state index in [0.29, 0.717) is 11.5 Å². The molecule has 1 aliphatic carbocycles. The Bertz CT molecular complexity index is 450. The molecule has 0 aliphatic heterocycles. The molecule has 0 unspecified atom stereocenters. The van der Waals surface area contributed by atoms with E-state index in [1.807, 2.05) is 6.07 Å². The summed E-state index contributed by atoms with van der Waals surface area (Å²) in [6, 6.07) is 5.37. The third kappa shape index (κ3) is 3.75. The van der Waals surface area contributed by atoms with Crippen molar-refractivity contribution >= 4 is 21.6 Å². The van der Waals surface area contributed by atoms with Crippen LogP contribution >= 0.6 is 15.9 Å². The zero-order chi connectivity index (χ0) is 14.8. The Balaban J connectivity index is 1.91. The van der Waals surface area contributed by atoms with E-state index < -0.39 is 0 Å². The van der Waals surface area contributed by atoms with Crippen LogP contribution in [-0.2, 0) is 0 Å². The third-order valence-corrected chi connectivity index (χ3v) is 5.69. The molecule has 0 bridgehead atoms. The van der Waals surface area contributed by atoms with Crippen LogP contribution in [0.4, 0.5) is 10.1 Å². The molecule has 0 amide bonds. The van der Waals surface area contributed by atoms with Crippen molar-refractivity contribution in [2.45, 2.75) is 58.9 Å². The van der Waals surface area contributed by atoms with Gasteiger partial charge in [0.05, 0.1) is 0 Å². The van der Waals surface area contributed by atoms with E-state index in [1.165, 1.54) is 44.2 Å². The number of hydrogen-bond acceptors (Lipinski definition) is 1. The van der Waals surface area contributed by atoms with Crippen LogP contribution in [0, 0.1) is 17.2 Å². The number of halogens is 2. The minimum atomic E-state index is -0.198. The molecule has 1 aliphatic rings. The van der Waals surface area contributed by atoms with E-state index in [9.17, 15) is 4.39 Å². The molecule has 0 atom stereocenters. The maximum absolute atomic E-state index is 13.1. The first-order valence-electron chi connectivity index (χ1n) is 7.64. The SMILES string of the molecule is CCC(C)(C)C1CCC(Nc2ccc(F)cc2Br)CC1. The molecule has 1 saturated carbocycles. The number of anilines is 1. The molecular weight excluding hydrogens is 317 g/mol. The minimum absolute atomic E-state index is 0.198. The first-order chi connectivity index (χ1) is 9.42. The van der Waals surface area contributed by atoms with Crippen molar-refractivity contribution < 1.29 is 4.39 Å². The van der Waals surface area contributed by atoms with Crippen molar-refractivity contribution in [2.24, 2.45) is 11.3 Å². The zero-order valence-electron chi connectivity index (χ0n) is 12.7. The lowest BCUT2D eigenvalue weighted by Crippen LogP contribution is -2.32. The number of benzene rings is 1. The van der Waals surface area contributed by atoms with Crippen LogP contribution in [0.15, 0.2) is 22.7 Å². The Morgan fingerprint density at radius 3 is 2.45 bits per heavy atom. The average molecular weight is 342 g/mol. The van der Waals surface area contributed by atoms with Gasteiger partial charge in [-0.25, -0.2) is 4.39 Å². The monoisotopic (exact) mass is 341 g/mol. The lowest BCUT2D eigenvalue weighted by molar-refractivity contribution is 0.147. The van der Waals surface area contributed by atoms with Crippen molar-refractivity contribution in [3.05, 3.63) is 28.5 Å². The van der Waals surface area contributed by atoms with Gasteiger partial charge in [-0.2, -0.15) is 0 Å². The molecule has 0 radical (unpaired) electrons. The Hall–Kier alpha value is -0.570. The molecule has 20 heavy (non-hydrogen) atoms. The molecule has 1 N–H and O–H groups in total. The highest BCUT2D eigenvalue weighted by Gasteiger charge is 2.31. The van der Waals surface area contributed by atoms with E-state index in [2.05, 4.69) is 42.0 Å². The summed E-state index contributed by atoms with van der Waals surface area (Å²) in [4.78, 5) is 0. The predicted octanol–water partition coefficient (Wildman–Crippen LogP) is 6.00. The van der Waals surface area contributed by atoms with Crippen LogP contribution in [0.3, 0.4) is 0 Å². The molecule has 112 valence electrons. The molecular formula is C17H25BrFN. The van der Waals surface area contributed by atoms with E-state index in [1.54, 1.807) is 0 Å². The Labute approximate surface area is 130 Å². The van der Waals surface area contributed by atoms with Gasteiger partial charge >= 0.3 is 0 Å². The van der Waals surface area contributed by atoms with E-state index in [-0.39, 0.29) is 5.82 Å². The van der Waals surface area contributed by atoms with Gasteiger partial charge in [-0.1, -0.05) is 27.2 Å². The van der Waals surface area contributed by atoms with Crippen LogP contribution in [0.2, 0.25) is 0 Å². The van der Waals surface area contributed by atoms with Gasteiger partial charge in [-0.3, -0.25) is 0 Å². The fourth-order valence-corrected chi connectivity index (χ4v) is 3.60. The quantitative estimate of drug-likeness (QED) is 0.708. The first kappa shape index (κ1) is 15.8. The second-order valence-electron chi connectivity index (χ2n) is 6.66. The summed E-state index contributed by atoms with van der Waals surface area (Å²) in [5, 5.41) is 3.55. The van der Waals surface area contributed by atoms with Gasteiger partial charge in [0.2, 0.25) is 0 Å². The highest BCUT2D eigenvalue weighted by Crippen LogP contribution is 2.41. The Kier molecular flexibility index (Phi) is 5.11. The Morgan fingerprint density at radius 2 is 1.90 bits per heavy atom. The van der Waals surface area contributed by atoms with E-state index in [0.717, 1.165) is 16.1 Å².